The van der Waals surface area contributed by atoms with Crippen LogP contribution in [0.1, 0.15) is 29.8 Å². The molecule has 19 heavy (non-hydrogen) atoms. The summed E-state index contributed by atoms with van der Waals surface area (Å²) in [6.45, 7) is 0.401. The predicted octanol–water partition coefficient (Wildman–Crippen LogP) is 1.54. The van der Waals surface area contributed by atoms with Crippen molar-refractivity contribution in [1.82, 2.24) is 9.88 Å². The zero-order chi connectivity index (χ0) is 13.8. The van der Waals surface area contributed by atoms with Crippen molar-refractivity contribution in [1.29, 1.82) is 5.26 Å². The summed E-state index contributed by atoms with van der Waals surface area (Å²) in [4.78, 5) is 18.2. The molecule has 1 aliphatic rings. The van der Waals surface area contributed by atoms with E-state index in [0.29, 0.717) is 18.8 Å². The number of hydrogen-bond acceptors (Lipinski definition) is 5. The molecule has 0 unspecified atom stereocenters. The van der Waals surface area contributed by atoms with Crippen LogP contribution >= 0.6 is 11.6 Å². The molecule has 3 N–H and O–H groups in total. The molecule has 0 bridgehead atoms. The summed E-state index contributed by atoms with van der Waals surface area (Å²) in [6.07, 6.45) is 2.22. The van der Waals surface area contributed by atoms with Crippen LogP contribution in [0.3, 0.4) is 0 Å². The first kappa shape index (κ1) is 13.6. The summed E-state index contributed by atoms with van der Waals surface area (Å²) < 4.78 is 0. The molecule has 2 rings (SSSR count). The molecule has 7 heteroatoms. The smallest absolute Gasteiger partial charge is 0.274 e. The highest BCUT2D eigenvalue weighted by atomic mass is 35.5. The number of nitrogens with zero attached hydrogens (tertiary/aromatic N) is 3. The van der Waals surface area contributed by atoms with Crippen LogP contribution in [0.5, 0.6) is 0 Å². The van der Waals surface area contributed by atoms with Gasteiger partial charge in [0.25, 0.3) is 5.91 Å². The lowest BCUT2D eigenvalue weighted by molar-refractivity contribution is 0.0741. The summed E-state index contributed by atoms with van der Waals surface area (Å²) in [7, 11) is 0. The van der Waals surface area contributed by atoms with E-state index in [0.717, 1.165) is 12.8 Å². The van der Waals surface area contributed by atoms with Crippen LogP contribution < -0.4 is 11.3 Å². The Bertz CT molecular complexity index is 523. The Morgan fingerprint density at radius 1 is 1.63 bits per heavy atom. The standard InChI is InChI=1S/C12H14ClN5O/c13-9-4-5-10(17-15)16-11(9)12(19)18(7-1-6-14)8-2-3-8/h4-5,8H,1-3,7,15H2,(H,16,17). The van der Waals surface area contributed by atoms with E-state index < -0.39 is 0 Å². The number of nitrogens with two attached hydrogens (primary N) is 1. The van der Waals surface area contributed by atoms with Gasteiger partial charge >= 0.3 is 0 Å². The number of nitrogen functional groups attached to an aromatic ring is 1. The van der Waals surface area contributed by atoms with Gasteiger partial charge < -0.3 is 10.3 Å². The number of aromatic nitrogens is 1. The normalized spacial score (nSPS) is 13.7. The molecule has 1 heterocycles. The van der Waals surface area contributed by atoms with E-state index in [2.05, 4.69) is 10.4 Å². The van der Waals surface area contributed by atoms with Gasteiger partial charge in [-0.15, -0.1) is 0 Å². The molecule has 1 fully saturated rings. The third-order valence-corrected chi connectivity index (χ3v) is 3.21. The Morgan fingerprint density at radius 3 is 2.95 bits per heavy atom. The molecule has 1 aromatic rings. The van der Waals surface area contributed by atoms with Crippen LogP contribution in [0.15, 0.2) is 12.1 Å². The van der Waals surface area contributed by atoms with Gasteiger partial charge in [-0.1, -0.05) is 11.6 Å². The molecule has 6 nitrogen and oxygen atoms in total. The fourth-order valence-electron chi connectivity index (χ4n) is 1.82. The van der Waals surface area contributed by atoms with Crippen LogP contribution in [-0.2, 0) is 0 Å². The second kappa shape index (κ2) is 5.87. The van der Waals surface area contributed by atoms with E-state index in [4.69, 9.17) is 22.7 Å². The van der Waals surface area contributed by atoms with Gasteiger partial charge in [0.1, 0.15) is 11.5 Å². The Hall–Kier alpha value is -1.84. The van der Waals surface area contributed by atoms with Gasteiger partial charge in [0.05, 0.1) is 17.5 Å². The van der Waals surface area contributed by atoms with Crippen LogP contribution in [0.2, 0.25) is 5.02 Å². The second-order valence-corrected chi connectivity index (χ2v) is 4.72. The molecular formula is C12H14ClN5O. The molecule has 1 aliphatic carbocycles. The van der Waals surface area contributed by atoms with Crippen molar-refractivity contribution >= 4 is 23.3 Å². The zero-order valence-electron chi connectivity index (χ0n) is 10.3. The maximum Gasteiger partial charge on any atom is 0.274 e. The number of pyridine rings is 1. The maximum atomic E-state index is 12.4. The lowest BCUT2D eigenvalue weighted by atomic mass is 10.2. The molecule has 1 saturated carbocycles. The van der Waals surface area contributed by atoms with E-state index in [1.54, 1.807) is 17.0 Å². The van der Waals surface area contributed by atoms with Crippen molar-refractivity contribution < 1.29 is 4.79 Å². The Kier molecular flexibility index (Phi) is 4.20. The number of carbonyl (C=O) groups is 1. The topological polar surface area (TPSA) is 95.0 Å². The molecule has 0 atom stereocenters. The molecule has 0 saturated heterocycles. The van der Waals surface area contributed by atoms with E-state index in [9.17, 15) is 4.79 Å². The lowest BCUT2D eigenvalue weighted by Crippen LogP contribution is -2.34. The van der Waals surface area contributed by atoms with Gasteiger partial charge in [-0.05, 0) is 25.0 Å². The quantitative estimate of drug-likeness (QED) is 0.630. The number of nitriles is 1. The fraction of sp³-hybridized carbons (Fsp3) is 0.417. The van der Waals surface area contributed by atoms with Crippen molar-refractivity contribution in [3.63, 3.8) is 0 Å². The van der Waals surface area contributed by atoms with Gasteiger partial charge in [0.15, 0.2) is 0 Å². The molecule has 0 aromatic carbocycles. The molecule has 1 aromatic heterocycles. The fourth-order valence-corrected chi connectivity index (χ4v) is 2.00. The molecule has 0 spiro atoms. The zero-order valence-corrected chi connectivity index (χ0v) is 11.0. The Labute approximate surface area is 116 Å². The number of rotatable bonds is 5. The van der Waals surface area contributed by atoms with Crippen molar-refractivity contribution in [2.45, 2.75) is 25.3 Å². The molecule has 0 radical (unpaired) electrons. The molecule has 0 aliphatic heterocycles. The Balaban J connectivity index is 2.23. The number of halogens is 1. The van der Waals surface area contributed by atoms with Gasteiger partial charge in [0.2, 0.25) is 0 Å². The number of nitrogens with one attached hydrogen (secondary N) is 1. The summed E-state index contributed by atoms with van der Waals surface area (Å²) in [5.41, 5.74) is 2.55. The number of anilines is 1. The lowest BCUT2D eigenvalue weighted by Gasteiger charge is -2.21. The third-order valence-electron chi connectivity index (χ3n) is 2.91. The van der Waals surface area contributed by atoms with Crippen molar-refractivity contribution in [2.75, 3.05) is 12.0 Å². The summed E-state index contributed by atoms with van der Waals surface area (Å²) in [5.74, 6) is 5.40. The second-order valence-electron chi connectivity index (χ2n) is 4.31. The van der Waals surface area contributed by atoms with Crippen LogP contribution in [0.25, 0.3) is 0 Å². The minimum Gasteiger partial charge on any atom is -0.333 e. The average Bonchev–Trinajstić information content (AvgIpc) is 3.24. The first-order valence-electron chi connectivity index (χ1n) is 5.98. The summed E-state index contributed by atoms with van der Waals surface area (Å²) in [6, 6.07) is 5.42. The minimum absolute atomic E-state index is 0.168. The van der Waals surface area contributed by atoms with E-state index in [-0.39, 0.29) is 22.7 Å². The predicted molar refractivity (Wildman–Crippen MR) is 71.3 cm³/mol. The van der Waals surface area contributed by atoms with Gasteiger partial charge in [-0.3, -0.25) is 4.79 Å². The average molecular weight is 280 g/mol. The number of hydrogen-bond donors (Lipinski definition) is 2. The van der Waals surface area contributed by atoms with Crippen LogP contribution in [0, 0.1) is 11.3 Å². The number of amides is 1. The number of carbonyl (C=O) groups excluding carboxylic acids is 1. The largest absolute Gasteiger partial charge is 0.333 e. The van der Waals surface area contributed by atoms with Gasteiger partial charge in [0, 0.05) is 12.6 Å². The van der Waals surface area contributed by atoms with Crippen LogP contribution in [-0.4, -0.2) is 28.4 Å². The first-order chi connectivity index (χ1) is 9.17. The SMILES string of the molecule is N#CCCN(C(=O)c1nc(NN)ccc1Cl)C1CC1. The highest BCUT2D eigenvalue weighted by Crippen LogP contribution is 2.29. The van der Waals surface area contributed by atoms with Crippen molar-refractivity contribution in [2.24, 2.45) is 5.84 Å². The van der Waals surface area contributed by atoms with Crippen LogP contribution in [0.4, 0.5) is 5.82 Å². The molecular weight excluding hydrogens is 266 g/mol. The Morgan fingerprint density at radius 2 is 2.37 bits per heavy atom. The monoisotopic (exact) mass is 279 g/mol. The molecule has 1 amide bonds. The summed E-state index contributed by atoms with van der Waals surface area (Å²) >= 11 is 6.01. The maximum absolute atomic E-state index is 12.4. The number of hydrazine groups is 1. The van der Waals surface area contributed by atoms with E-state index >= 15 is 0 Å². The van der Waals surface area contributed by atoms with Gasteiger partial charge in [-0.2, -0.15) is 5.26 Å². The highest BCUT2D eigenvalue weighted by molar-refractivity contribution is 6.33. The van der Waals surface area contributed by atoms with E-state index in [1.807, 2.05) is 6.07 Å². The third kappa shape index (κ3) is 3.13. The van der Waals surface area contributed by atoms with E-state index in [1.165, 1.54) is 0 Å². The van der Waals surface area contributed by atoms with Crippen molar-refractivity contribution in [3.05, 3.63) is 22.8 Å². The minimum atomic E-state index is -0.250. The first-order valence-corrected chi connectivity index (χ1v) is 6.36. The summed E-state index contributed by atoms with van der Waals surface area (Å²) in [5, 5.41) is 8.93. The van der Waals surface area contributed by atoms with Crippen molar-refractivity contribution in [3.8, 4) is 6.07 Å². The highest BCUT2D eigenvalue weighted by Gasteiger charge is 2.34. The molecule has 100 valence electrons. The van der Waals surface area contributed by atoms with Gasteiger partial charge in [-0.25, -0.2) is 10.8 Å².